The van der Waals surface area contributed by atoms with Gasteiger partial charge >= 0.3 is 0 Å². The van der Waals surface area contributed by atoms with Crippen LogP contribution in [0.4, 0.5) is 5.82 Å². The molecule has 1 aliphatic heterocycles. The summed E-state index contributed by atoms with van der Waals surface area (Å²) in [5.41, 5.74) is 2.35. The van der Waals surface area contributed by atoms with Crippen LogP contribution in [-0.4, -0.2) is 15.7 Å². The van der Waals surface area contributed by atoms with Crippen molar-refractivity contribution in [1.82, 2.24) is 9.78 Å². The summed E-state index contributed by atoms with van der Waals surface area (Å²) in [6.07, 6.45) is 2.08. The zero-order valence-corrected chi connectivity index (χ0v) is 9.43. The van der Waals surface area contributed by atoms with Crippen molar-refractivity contribution in [3.8, 4) is 0 Å². The Morgan fingerprint density at radius 2 is 2.33 bits per heavy atom. The van der Waals surface area contributed by atoms with E-state index in [1.807, 2.05) is 18.8 Å². The Kier molecular flexibility index (Phi) is 2.02. The fourth-order valence-electron chi connectivity index (χ4n) is 1.86. The third kappa shape index (κ3) is 1.55. The lowest BCUT2D eigenvalue weighted by Gasteiger charge is -2.06. The Hall–Kier alpha value is -0.970. The predicted molar refractivity (Wildman–Crippen MR) is 59.6 cm³/mol. The number of hydrogen-bond donors (Lipinski definition) is 1. The first kappa shape index (κ1) is 9.27. The normalized spacial score (nSPS) is 19.0. The summed E-state index contributed by atoms with van der Waals surface area (Å²) >= 11 is 1.86. The van der Waals surface area contributed by atoms with Crippen LogP contribution in [0.3, 0.4) is 0 Å². The lowest BCUT2D eigenvalue weighted by molar-refractivity contribution is -0.117. The molecule has 0 aromatic carbocycles. The molecule has 0 atom stereocenters. The fourth-order valence-corrected chi connectivity index (χ4v) is 2.90. The molecule has 1 fully saturated rings. The van der Waals surface area contributed by atoms with E-state index in [-0.39, 0.29) is 11.8 Å². The lowest BCUT2D eigenvalue weighted by atomic mass is 10.2. The van der Waals surface area contributed by atoms with E-state index in [4.69, 9.17) is 0 Å². The zero-order valence-electron chi connectivity index (χ0n) is 8.62. The first-order chi connectivity index (χ1) is 7.25. The van der Waals surface area contributed by atoms with Crippen LogP contribution in [0, 0.1) is 5.92 Å². The molecule has 0 radical (unpaired) electrons. The number of rotatable bonds is 2. The largest absolute Gasteiger partial charge is 0.310 e. The molecular formula is C10H13N3OS. The SMILES string of the molecule is Cn1nc2c(c1NC(=O)C1CC1)CSC2. The van der Waals surface area contributed by atoms with Gasteiger partial charge in [-0.1, -0.05) is 0 Å². The van der Waals surface area contributed by atoms with Crippen molar-refractivity contribution in [3.05, 3.63) is 11.3 Å². The fraction of sp³-hybridized carbons (Fsp3) is 0.600. The second-order valence-corrected chi connectivity index (χ2v) is 5.14. The molecule has 0 saturated heterocycles. The van der Waals surface area contributed by atoms with Gasteiger partial charge in [-0.05, 0) is 12.8 Å². The molecule has 1 aromatic rings. The molecule has 0 unspecified atom stereocenters. The van der Waals surface area contributed by atoms with Crippen molar-refractivity contribution in [2.45, 2.75) is 24.3 Å². The summed E-state index contributed by atoms with van der Waals surface area (Å²) in [5.74, 6) is 3.28. The summed E-state index contributed by atoms with van der Waals surface area (Å²) in [4.78, 5) is 11.7. The molecule has 1 aliphatic carbocycles. The summed E-state index contributed by atoms with van der Waals surface area (Å²) in [6, 6.07) is 0. The molecule has 1 saturated carbocycles. The number of fused-ring (bicyclic) bond motifs is 1. The molecular weight excluding hydrogens is 210 g/mol. The van der Waals surface area contributed by atoms with Gasteiger partial charge in [0, 0.05) is 30.0 Å². The molecule has 0 spiro atoms. The van der Waals surface area contributed by atoms with Gasteiger partial charge in [-0.3, -0.25) is 9.48 Å². The standard InChI is InChI=1S/C10H13N3OS/c1-13-9(11-10(14)6-2-3-6)7-4-15-5-8(7)12-13/h6H,2-5H2,1H3,(H,11,14). The molecule has 0 bridgehead atoms. The second-order valence-electron chi connectivity index (χ2n) is 4.15. The highest BCUT2D eigenvalue weighted by atomic mass is 32.2. The first-order valence-electron chi connectivity index (χ1n) is 5.19. The highest BCUT2D eigenvalue weighted by molar-refractivity contribution is 7.98. The van der Waals surface area contributed by atoms with Gasteiger partial charge in [0.1, 0.15) is 5.82 Å². The van der Waals surface area contributed by atoms with Crippen molar-refractivity contribution in [1.29, 1.82) is 0 Å². The molecule has 1 N–H and O–H groups in total. The quantitative estimate of drug-likeness (QED) is 0.826. The minimum absolute atomic E-state index is 0.165. The third-order valence-electron chi connectivity index (χ3n) is 2.90. The second kappa shape index (κ2) is 3.27. The van der Waals surface area contributed by atoms with Crippen LogP contribution in [0.1, 0.15) is 24.1 Å². The molecule has 2 heterocycles. The van der Waals surface area contributed by atoms with Crippen molar-refractivity contribution in [2.75, 3.05) is 5.32 Å². The Morgan fingerprint density at radius 3 is 3.07 bits per heavy atom. The van der Waals surface area contributed by atoms with Gasteiger partial charge in [-0.2, -0.15) is 16.9 Å². The predicted octanol–water partition coefficient (Wildman–Crippen LogP) is 1.52. The van der Waals surface area contributed by atoms with Crippen LogP contribution < -0.4 is 5.32 Å². The van der Waals surface area contributed by atoms with Gasteiger partial charge in [0.2, 0.25) is 5.91 Å². The number of anilines is 1. The molecule has 1 aromatic heterocycles. The lowest BCUT2D eigenvalue weighted by Crippen LogP contribution is -2.16. The number of aromatic nitrogens is 2. The number of carbonyl (C=O) groups excluding carboxylic acids is 1. The van der Waals surface area contributed by atoms with Crippen molar-refractivity contribution < 1.29 is 4.79 Å². The van der Waals surface area contributed by atoms with Gasteiger partial charge in [0.25, 0.3) is 0 Å². The summed E-state index contributed by atoms with van der Waals surface area (Å²) in [5, 5.41) is 7.41. The number of thioether (sulfide) groups is 1. The topological polar surface area (TPSA) is 46.9 Å². The van der Waals surface area contributed by atoms with E-state index in [2.05, 4.69) is 10.4 Å². The van der Waals surface area contributed by atoms with Gasteiger partial charge in [0.05, 0.1) is 5.69 Å². The van der Waals surface area contributed by atoms with E-state index in [9.17, 15) is 4.79 Å². The van der Waals surface area contributed by atoms with Crippen LogP contribution in [0.25, 0.3) is 0 Å². The number of hydrogen-bond acceptors (Lipinski definition) is 3. The van der Waals surface area contributed by atoms with Crippen molar-refractivity contribution in [3.63, 3.8) is 0 Å². The monoisotopic (exact) mass is 223 g/mol. The maximum Gasteiger partial charge on any atom is 0.228 e. The molecule has 5 heteroatoms. The van der Waals surface area contributed by atoms with Crippen LogP contribution in [0.5, 0.6) is 0 Å². The average molecular weight is 223 g/mol. The molecule has 1 amide bonds. The Morgan fingerprint density at radius 1 is 1.53 bits per heavy atom. The summed E-state index contributed by atoms with van der Waals surface area (Å²) < 4.78 is 1.80. The average Bonchev–Trinajstić information content (AvgIpc) is 2.90. The van der Waals surface area contributed by atoms with E-state index in [0.717, 1.165) is 35.9 Å². The number of nitrogens with zero attached hydrogens (tertiary/aromatic N) is 2. The van der Waals surface area contributed by atoms with Crippen LogP contribution in [-0.2, 0) is 23.3 Å². The summed E-state index contributed by atoms with van der Waals surface area (Å²) in [6.45, 7) is 0. The molecule has 15 heavy (non-hydrogen) atoms. The van der Waals surface area contributed by atoms with E-state index in [1.165, 1.54) is 5.56 Å². The number of aryl methyl sites for hydroxylation is 1. The Bertz CT molecular complexity index is 423. The van der Waals surface area contributed by atoms with Crippen LogP contribution in [0.15, 0.2) is 0 Å². The van der Waals surface area contributed by atoms with Crippen molar-refractivity contribution >= 4 is 23.5 Å². The van der Waals surface area contributed by atoms with Gasteiger partial charge in [0.15, 0.2) is 0 Å². The van der Waals surface area contributed by atoms with E-state index < -0.39 is 0 Å². The van der Waals surface area contributed by atoms with E-state index in [0.29, 0.717) is 0 Å². The van der Waals surface area contributed by atoms with Gasteiger partial charge in [-0.15, -0.1) is 0 Å². The minimum Gasteiger partial charge on any atom is -0.310 e. The van der Waals surface area contributed by atoms with Gasteiger partial charge < -0.3 is 5.32 Å². The maximum absolute atomic E-state index is 11.7. The third-order valence-corrected chi connectivity index (χ3v) is 3.87. The van der Waals surface area contributed by atoms with E-state index in [1.54, 1.807) is 4.68 Å². The molecule has 80 valence electrons. The first-order valence-corrected chi connectivity index (χ1v) is 6.34. The molecule has 2 aliphatic rings. The van der Waals surface area contributed by atoms with E-state index >= 15 is 0 Å². The molecule has 4 nitrogen and oxygen atoms in total. The maximum atomic E-state index is 11.7. The van der Waals surface area contributed by atoms with Crippen LogP contribution in [0.2, 0.25) is 0 Å². The van der Waals surface area contributed by atoms with Gasteiger partial charge in [-0.25, -0.2) is 0 Å². The van der Waals surface area contributed by atoms with Crippen LogP contribution >= 0.6 is 11.8 Å². The Labute approximate surface area is 92.4 Å². The smallest absolute Gasteiger partial charge is 0.228 e. The molecule has 3 rings (SSSR count). The number of amides is 1. The zero-order chi connectivity index (χ0) is 10.4. The number of nitrogens with one attached hydrogen (secondary N) is 1. The van der Waals surface area contributed by atoms with Crippen molar-refractivity contribution in [2.24, 2.45) is 13.0 Å². The number of carbonyl (C=O) groups is 1. The highest BCUT2D eigenvalue weighted by Gasteiger charge is 2.31. The Balaban J connectivity index is 1.87. The minimum atomic E-state index is 0.165. The summed E-state index contributed by atoms with van der Waals surface area (Å²) in [7, 11) is 1.89. The highest BCUT2D eigenvalue weighted by Crippen LogP contribution is 2.36.